The predicted octanol–water partition coefficient (Wildman–Crippen LogP) is 2.50. The second-order valence-corrected chi connectivity index (χ2v) is 5.40. The van der Waals surface area contributed by atoms with Crippen LogP contribution < -0.4 is 5.32 Å². The van der Waals surface area contributed by atoms with E-state index in [9.17, 15) is 0 Å². The van der Waals surface area contributed by atoms with Crippen LogP contribution in [0.2, 0.25) is 0 Å². The fourth-order valence-corrected chi connectivity index (χ4v) is 2.54. The summed E-state index contributed by atoms with van der Waals surface area (Å²) in [5.74, 6) is 1.00. The third kappa shape index (κ3) is 6.16. The van der Waals surface area contributed by atoms with E-state index >= 15 is 0 Å². The van der Waals surface area contributed by atoms with Crippen molar-refractivity contribution >= 4 is 0 Å². The molecular formula is C13H28N2. The monoisotopic (exact) mass is 212 g/mol. The summed E-state index contributed by atoms with van der Waals surface area (Å²) in [6, 6.07) is 0.702. The molecule has 15 heavy (non-hydrogen) atoms. The Bertz CT molecular complexity index is 151. The van der Waals surface area contributed by atoms with E-state index in [1.807, 2.05) is 0 Å². The fraction of sp³-hybridized carbons (Fsp3) is 1.00. The lowest BCUT2D eigenvalue weighted by Crippen LogP contribution is -2.34. The first-order valence-corrected chi connectivity index (χ1v) is 6.56. The molecule has 1 fully saturated rings. The summed E-state index contributed by atoms with van der Waals surface area (Å²) in [6.07, 6.45) is 8.73. The average Bonchev–Trinajstić information content (AvgIpc) is 2.18. The average molecular weight is 212 g/mol. The molecule has 2 heteroatoms. The van der Waals surface area contributed by atoms with Gasteiger partial charge in [-0.05, 0) is 33.4 Å². The molecule has 1 aliphatic rings. The van der Waals surface area contributed by atoms with E-state index in [1.54, 1.807) is 0 Å². The standard InChI is InChI=1S/C13H28N2/c1-12(14-9-10-15(2)3)11-13-7-5-4-6-8-13/h12-14H,4-11H2,1-3H3. The molecule has 0 aromatic carbocycles. The molecule has 1 atom stereocenters. The van der Waals surface area contributed by atoms with Crippen LogP contribution in [0.4, 0.5) is 0 Å². The summed E-state index contributed by atoms with van der Waals surface area (Å²) >= 11 is 0. The van der Waals surface area contributed by atoms with E-state index in [-0.39, 0.29) is 0 Å². The Morgan fingerprint density at radius 1 is 1.20 bits per heavy atom. The molecule has 0 spiro atoms. The van der Waals surface area contributed by atoms with Crippen molar-refractivity contribution in [1.29, 1.82) is 0 Å². The maximum Gasteiger partial charge on any atom is 0.0101 e. The van der Waals surface area contributed by atoms with Crippen molar-refractivity contribution in [2.24, 2.45) is 5.92 Å². The molecule has 0 aliphatic heterocycles. The molecule has 0 bridgehead atoms. The zero-order valence-corrected chi connectivity index (χ0v) is 10.8. The Hall–Kier alpha value is -0.0800. The van der Waals surface area contributed by atoms with E-state index in [1.165, 1.54) is 38.5 Å². The van der Waals surface area contributed by atoms with Crippen molar-refractivity contribution in [2.45, 2.75) is 51.5 Å². The SMILES string of the molecule is CC(CC1CCCCC1)NCCN(C)C. The number of nitrogens with zero attached hydrogens (tertiary/aromatic N) is 1. The van der Waals surface area contributed by atoms with E-state index in [0.717, 1.165) is 19.0 Å². The quantitative estimate of drug-likeness (QED) is 0.728. The van der Waals surface area contributed by atoms with Crippen LogP contribution in [0, 0.1) is 5.92 Å². The molecule has 1 N–H and O–H groups in total. The van der Waals surface area contributed by atoms with Gasteiger partial charge in [0, 0.05) is 19.1 Å². The Morgan fingerprint density at radius 2 is 1.87 bits per heavy atom. The van der Waals surface area contributed by atoms with Gasteiger partial charge in [-0.15, -0.1) is 0 Å². The van der Waals surface area contributed by atoms with E-state index in [0.29, 0.717) is 6.04 Å². The van der Waals surface area contributed by atoms with Gasteiger partial charge < -0.3 is 10.2 Å². The number of hydrogen-bond donors (Lipinski definition) is 1. The molecular weight excluding hydrogens is 184 g/mol. The van der Waals surface area contributed by atoms with Gasteiger partial charge in [-0.2, -0.15) is 0 Å². The first-order valence-electron chi connectivity index (χ1n) is 6.56. The van der Waals surface area contributed by atoms with Gasteiger partial charge >= 0.3 is 0 Å². The smallest absolute Gasteiger partial charge is 0.0101 e. The van der Waals surface area contributed by atoms with Gasteiger partial charge in [0.15, 0.2) is 0 Å². The zero-order chi connectivity index (χ0) is 11.1. The lowest BCUT2D eigenvalue weighted by molar-refractivity contribution is 0.298. The second-order valence-electron chi connectivity index (χ2n) is 5.40. The molecule has 0 amide bonds. The highest BCUT2D eigenvalue weighted by atomic mass is 15.1. The zero-order valence-electron chi connectivity index (χ0n) is 10.8. The van der Waals surface area contributed by atoms with Gasteiger partial charge in [-0.25, -0.2) is 0 Å². The van der Waals surface area contributed by atoms with Crippen LogP contribution in [0.1, 0.15) is 45.4 Å². The largest absolute Gasteiger partial charge is 0.313 e. The highest BCUT2D eigenvalue weighted by Crippen LogP contribution is 2.27. The summed E-state index contributed by atoms with van der Waals surface area (Å²) < 4.78 is 0. The molecule has 1 rings (SSSR count). The minimum Gasteiger partial charge on any atom is -0.313 e. The lowest BCUT2D eigenvalue weighted by Gasteiger charge is -2.25. The van der Waals surface area contributed by atoms with Crippen LogP contribution in [0.25, 0.3) is 0 Å². The minimum absolute atomic E-state index is 0.702. The first kappa shape index (κ1) is 13.0. The summed E-state index contributed by atoms with van der Waals surface area (Å²) in [4.78, 5) is 2.24. The first-order chi connectivity index (χ1) is 7.18. The normalized spacial score (nSPS) is 20.8. The molecule has 0 radical (unpaired) electrons. The van der Waals surface area contributed by atoms with Gasteiger partial charge in [0.2, 0.25) is 0 Å². The minimum atomic E-state index is 0.702. The second kappa shape index (κ2) is 7.24. The maximum atomic E-state index is 3.62. The van der Waals surface area contributed by atoms with Crippen molar-refractivity contribution in [3.63, 3.8) is 0 Å². The van der Waals surface area contributed by atoms with E-state index in [2.05, 4.69) is 31.2 Å². The Kier molecular flexibility index (Phi) is 6.26. The highest BCUT2D eigenvalue weighted by Gasteiger charge is 2.15. The molecule has 0 aromatic heterocycles. The number of hydrogen-bond acceptors (Lipinski definition) is 2. The summed E-state index contributed by atoms with van der Waals surface area (Å²) in [5, 5.41) is 3.62. The van der Waals surface area contributed by atoms with Crippen LogP contribution in [0.3, 0.4) is 0 Å². The molecule has 0 heterocycles. The van der Waals surface area contributed by atoms with Gasteiger partial charge in [-0.1, -0.05) is 32.1 Å². The van der Waals surface area contributed by atoms with Crippen LogP contribution in [-0.4, -0.2) is 38.1 Å². The third-order valence-corrected chi connectivity index (χ3v) is 3.46. The van der Waals surface area contributed by atoms with Crippen molar-refractivity contribution in [1.82, 2.24) is 10.2 Å². The number of nitrogens with one attached hydrogen (secondary N) is 1. The topological polar surface area (TPSA) is 15.3 Å². The van der Waals surface area contributed by atoms with Crippen LogP contribution in [0.15, 0.2) is 0 Å². The van der Waals surface area contributed by atoms with E-state index in [4.69, 9.17) is 0 Å². The molecule has 0 saturated heterocycles. The van der Waals surface area contributed by atoms with Crippen LogP contribution in [-0.2, 0) is 0 Å². The Balaban J connectivity index is 2.03. The lowest BCUT2D eigenvalue weighted by atomic mass is 9.85. The highest BCUT2D eigenvalue weighted by molar-refractivity contribution is 4.71. The van der Waals surface area contributed by atoms with E-state index < -0.39 is 0 Å². The molecule has 1 unspecified atom stereocenters. The van der Waals surface area contributed by atoms with Gasteiger partial charge in [-0.3, -0.25) is 0 Å². The number of likely N-dealkylation sites (N-methyl/N-ethyl adjacent to an activating group) is 1. The van der Waals surface area contributed by atoms with Gasteiger partial charge in [0.05, 0.1) is 0 Å². The Labute approximate surface area is 95.4 Å². The van der Waals surface area contributed by atoms with Gasteiger partial charge in [0.25, 0.3) is 0 Å². The van der Waals surface area contributed by atoms with Crippen molar-refractivity contribution in [3.8, 4) is 0 Å². The van der Waals surface area contributed by atoms with Gasteiger partial charge in [0.1, 0.15) is 0 Å². The van der Waals surface area contributed by atoms with Crippen LogP contribution in [0.5, 0.6) is 0 Å². The summed E-state index contributed by atoms with van der Waals surface area (Å²) in [5.41, 5.74) is 0. The summed E-state index contributed by atoms with van der Waals surface area (Å²) in [6.45, 7) is 4.61. The Morgan fingerprint density at radius 3 is 2.47 bits per heavy atom. The molecule has 2 nitrogen and oxygen atoms in total. The third-order valence-electron chi connectivity index (χ3n) is 3.46. The van der Waals surface area contributed by atoms with Crippen molar-refractivity contribution in [2.75, 3.05) is 27.2 Å². The molecule has 1 saturated carbocycles. The molecule has 1 aliphatic carbocycles. The maximum absolute atomic E-state index is 3.62. The molecule has 0 aromatic rings. The fourth-order valence-electron chi connectivity index (χ4n) is 2.54. The van der Waals surface area contributed by atoms with Crippen molar-refractivity contribution in [3.05, 3.63) is 0 Å². The van der Waals surface area contributed by atoms with Crippen molar-refractivity contribution < 1.29 is 0 Å². The number of rotatable bonds is 6. The predicted molar refractivity (Wildman–Crippen MR) is 67.2 cm³/mol. The van der Waals surface area contributed by atoms with Crippen LogP contribution >= 0.6 is 0 Å². The summed E-state index contributed by atoms with van der Waals surface area (Å²) in [7, 11) is 4.26. The molecule has 90 valence electrons.